The van der Waals surface area contributed by atoms with Gasteiger partial charge in [-0.05, 0) is 35.7 Å². The fraction of sp³-hybridized carbons (Fsp3) is 0.235. The number of hydrogen-bond acceptors (Lipinski definition) is 3. The lowest BCUT2D eigenvalue weighted by molar-refractivity contribution is -0.137. The van der Waals surface area contributed by atoms with Gasteiger partial charge in [-0.3, -0.25) is 0 Å². The molecule has 0 radical (unpaired) electrons. The maximum Gasteiger partial charge on any atom is 0.416 e. The fourth-order valence-electron chi connectivity index (χ4n) is 1.99. The number of oxime groups is 1. The van der Waals surface area contributed by atoms with Gasteiger partial charge in [0.1, 0.15) is 6.61 Å². The third-order valence-electron chi connectivity index (χ3n) is 3.23. The Kier molecular flexibility index (Phi) is 5.39. The summed E-state index contributed by atoms with van der Waals surface area (Å²) in [4.78, 5) is 4.89. The van der Waals surface area contributed by atoms with Crippen molar-refractivity contribution < 1.29 is 23.1 Å². The quantitative estimate of drug-likeness (QED) is 0.511. The van der Waals surface area contributed by atoms with Crippen molar-refractivity contribution in [1.82, 2.24) is 0 Å². The largest absolute Gasteiger partial charge is 0.416 e. The summed E-state index contributed by atoms with van der Waals surface area (Å²) in [6.45, 7) is 1.79. The third kappa shape index (κ3) is 4.56. The van der Waals surface area contributed by atoms with E-state index in [-0.39, 0.29) is 13.2 Å². The molecule has 0 bridgehead atoms. The van der Waals surface area contributed by atoms with Crippen LogP contribution in [0.25, 0.3) is 11.1 Å². The Labute approximate surface area is 132 Å². The number of benzene rings is 2. The Morgan fingerprint density at radius 1 is 1.00 bits per heavy atom. The van der Waals surface area contributed by atoms with Gasteiger partial charge in [-0.15, -0.1) is 0 Å². The maximum absolute atomic E-state index is 12.6. The van der Waals surface area contributed by atoms with Crippen LogP contribution in [0.3, 0.4) is 0 Å². The van der Waals surface area contributed by atoms with Crippen LogP contribution in [0.4, 0.5) is 13.2 Å². The summed E-state index contributed by atoms with van der Waals surface area (Å²) < 4.78 is 37.7. The van der Waals surface area contributed by atoms with Crippen molar-refractivity contribution in [2.75, 3.05) is 13.2 Å². The van der Waals surface area contributed by atoms with Crippen molar-refractivity contribution in [3.05, 3.63) is 59.7 Å². The Bertz CT molecular complexity index is 662. The van der Waals surface area contributed by atoms with Gasteiger partial charge in [0.15, 0.2) is 0 Å². The minimum atomic E-state index is -4.33. The van der Waals surface area contributed by atoms with E-state index in [2.05, 4.69) is 5.16 Å². The van der Waals surface area contributed by atoms with Gasteiger partial charge < -0.3 is 9.94 Å². The molecule has 0 amide bonds. The summed E-state index contributed by atoms with van der Waals surface area (Å²) in [5.74, 6) is 0. The van der Waals surface area contributed by atoms with E-state index in [1.165, 1.54) is 12.1 Å². The molecule has 3 nitrogen and oxygen atoms in total. The SMILES string of the molecule is CC(=NOCCO)c1ccc(-c2ccc(C(F)(F)F)cc2)cc1. The Balaban J connectivity index is 2.15. The topological polar surface area (TPSA) is 41.8 Å². The van der Waals surface area contributed by atoms with Crippen LogP contribution in [-0.2, 0) is 11.0 Å². The predicted octanol–water partition coefficient (Wildman–Crippen LogP) is 4.11. The molecule has 23 heavy (non-hydrogen) atoms. The van der Waals surface area contributed by atoms with Crippen molar-refractivity contribution in [2.45, 2.75) is 13.1 Å². The first kappa shape index (κ1) is 17.0. The lowest BCUT2D eigenvalue weighted by Gasteiger charge is -2.08. The molecule has 0 aliphatic heterocycles. The summed E-state index contributed by atoms with van der Waals surface area (Å²) in [6.07, 6.45) is -4.33. The van der Waals surface area contributed by atoms with E-state index in [1.54, 1.807) is 6.92 Å². The normalized spacial score (nSPS) is 12.3. The third-order valence-corrected chi connectivity index (χ3v) is 3.23. The second-order valence-electron chi connectivity index (χ2n) is 4.89. The zero-order valence-corrected chi connectivity index (χ0v) is 12.5. The second kappa shape index (κ2) is 7.28. The highest BCUT2D eigenvalue weighted by atomic mass is 19.4. The molecule has 6 heteroatoms. The van der Waals surface area contributed by atoms with Gasteiger partial charge in [-0.1, -0.05) is 41.6 Å². The Morgan fingerprint density at radius 2 is 1.52 bits per heavy atom. The van der Waals surface area contributed by atoms with Crippen LogP contribution in [0.2, 0.25) is 0 Å². The van der Waals surface area contributed by atoms with E-state index in [0.717, 1.165) is 23.3 Å². The van der Waals surface area contributed by atoms with Crippen molar-refractivity contribution >= 4 is 5.71 Å². The number of aliphatic hydroxyl groups excluding tert-OH is 1. The Hall–Kier alpha value is -2.34. The fourth-order valence-corrected chi connectivity index (χ4v) is 1.99. The molecule has 0 heterocycles. The highest BCUT2D eigenvalue weighted by Gasteiger charge is 2.29. The molecule has 0 aliphatic rings. The predicted molar refractivity (Wildman–Crippen MR) is 82.1 cm³/mol. The molecule has 0 saturated carbocycles. The highest BCUT2D eigenvalue weighted by Crippen LogP contribution is 2.31. The molecule has 0 unspecified atom stereocenters. The Morgan fingerprint density at radius 3 is 2.00 bits per heavy atom. The molecule has 122 valence electrons. The lowest BCUT2D eigenvalue weighted by Crippen LogP contribution is -2.04. The smallest absolute Gasteiger partial charge is 0.393 e. The van der Waals surface area contributed by atoms with E-state index in [0.29, 0.717) is 11.3 Å². The molecule has 0 atom stereocenters. The van der Waals surface area contributed by atoms with Gasteiger partial charge in [-0.2, -0.15) is 13.2 Å². The van der Waals surface area contributed by atoms with E-state index in [1.807, 2.05) is 24.3 Å². The summed E-state index contributed by atoms with van der Waals surface area (Å²) in [5.41, 5.74) is 2.33. The summed E-state index contributed by atoms with van der Waals surface area (Å²) in [6, 6.07) is 12.3. The van der Waals surface area contributed by atoms with E-state index >= 15 is 0 Å². The molecule has 2 rings (SSSR count). The molecular weight excluding hydrogens is 307 g/mol. The van der Waals surface area contributed by atoms with E-state index in [9.17, 15) is 13.2 Å². The minimum absolute atomic E-state index is 0.108. The molecule has 0 aromatic heterocycles. The first-order valence-electron chi connectivity index (χ1n) is 6.97. The van der Waals surface area contributed by atoms with Gasteiger partial charge in [0.05, 0.1) is 17.9 Å². The van der Waals surface area contributed by atoms with Gasteiger partial charge in [-0.25, -0.2) is 0 Å². The molecular formula is C17H16F3NO2. The summed E-state index contributed by atoms with van der Waals surface area (Å²) in [5, 5.41) is 12.5. The number of halogens is 3. The van der Waals surface area contributed by atoms with Crippen molar-refractivity contribution in [3.8, 4) is 11.1 Å². The number of rotatable bonds is 5. The van der Waals surface area contributed by atoms with Gasteiger partial charge in [0, 0.05) is 0 Å². The summed E-state index contributed by atoms with van der Waals surface area (Å²) >= 11 is 0. The lowest BCUT2D eigenvalue weighted by atomic mass is 10.0. The van der Waals surface area contributed by atoms with E-state index in [4.69, 9.17) is 9.94 Å². The number of alkyl halides is 3. The van der Waals surface area contributed by atoms with Crippen LogP contribution in [0.15, 0.2) is 53.7 Å². The monoisotopic (exact) mass is 323 g/mol. The zero-order valence-electron chi connectivity index (χ0n) is 12.5. The molecule has 0 fully saturated rings. The number of hydrogen-bond donors (Lipinski definition) is 1. The standard InChI is InChI=1S/C17H16F3NO2/c1-12(21-23-11-10-22)13-2-4-14(5-3-13)15-6-8-16(9-7-15)17(18,19)20/h2-9,22H,10-11H2,1H3. The van der Waals surface area contributed by atoms with Crippen LogP contribution < -0.4 is 0 Å². The van der Waals surface area contributed by atoms with Crippen LogP contribution in [-0.4, -0.2) is 24.0 Å². The van der Waals surface area contributed by atoms with Gasteiger partial charge in [0.2, 0.25) is 0 Å². The van der Waals surface area contributed by atoms with Crippen LogP contribution >= 0.6 is 0 Å². The molecule has 2 aromatic carbocycles. The van der Waals surface area contributed by atoms with Crippen molar-refractivity contribution in [2.24, 2.45) is 5.16 Å². The zero-order chi connectivity index (χ0) is 16.9. The van der Waals surface area contributed by atoms with Crippen molar-refractivity contribution in [1.29, 1.82) is 0 Å². The first-order valence-corrected chi connectivity index (χ1v) is 6.97. The highest BCUT2D eigenvalue weighted by molar-refractivity contribution is 5.98. The molecule has 2 aromatic rings. The average molecular weight is 323 g/mol. The first-order chi connectivity index (χ1) is 10.9. The molecule has 1 N–H and O–H groups in total. The number of nitrogens with zero attached hydrogens (tertiary/aromatic N) is 1. The summed E-state index contributed by atoms with van der Waals surface area (Å²) in [7, 11) is 0. The van der Waals surface area contributed by atoms with Crippen LogP contribution in [0.5, 0.6) is 0 Å². The van der Waals surface area contributed by atoms with Gasteiger partial charge >= 0.3 is 6.18 Å². The minimum Gasteiger partial charge on any atom is -0.393 e. The van der Waals surface area contributed by atoms with E-state index < -0.39 is 11.7 Å². The second-order valence-corrected chi connectivity index (χ2v) is 4.89. The van der Waals surface area contributed by atoms with Crippen LogP contribution in [0.1, 0.15) is 18.1 Å². The molecule has 0 spiro atoms. The number of aliphatic hydroxyl groups is 1. The average Bonchev–Trinajstić information content (AvgIpc) is 2.54. The van der Waals surface area contributed by atoms with Crippen LogP contribution in [0, 0.1) is 0 Å². The maximum atomic E-state index is 12.6. The molecule has 0 saturated heterocycles. The van der Waals surface area contributed by atoms with Crippen molar-refractivity contribution in [3.63, 3.8) is 0 Å². The molecule has 0 aliphatic carbocycles. The van der Waals surface area contributed by atoms with Gasteiger partial charge in [0.25, 0.3) is 0 Å².